The predicted octanol–water partition coefficient (Wildman–Crippen LogP) is 2.06. The summed E-state index contributed by atoms with van der Waals surface area (Å²) in [6.07, 6.45) is 4.36. The molecule has 2 rings (SSSR count). The number of rotatable bonds is 3. The van der Waals surface area contributed by atoms with E-state index in [0.29, 0.717) is 0 Å². The average Bonchev–Trinajstić information content (AvgIpc) is 2.82. The number of carbonyl (C=O) groups excluding carboxylic acids is 1. The second-order valence-corrected chi connectivity index (χ2v) is 5.22. The maximum Gasteiger partial charge on any atom is 0.318 e. The third-order valence-corrected chi connectivity index (χ3v) is 3.71. The fraction of sp³-hybridized carbons (Fsp3) is 0.467. The predicted molar refractivity (Wildman–Crippen MR) is 81.2 cm³/mol. The molecule has 21 heavy (non-hydrogen) atoms. The van der Waals surface area contributed by atoms with E-state index in [4.69, 9.17) is 10.9 Å². The summed E-state index contributed by atoms with van der Waals surface area (Å²) in [7, 11) is 0. The Morgan fingerprint density at radius 1 is 1.19 bits per heavy atom. The first-order valence-electron chi connectivity index (χ1n) is 7.30. The molecular formula is C15H22N4O2. The highest BCUT2D eigenvalue weighted by Gasteiger charge is 2.23. The molecular weight excluding hydrogens is 268 g/mol. The summed E-state index contributed by atoms with van der Waals surface area (Å²) in [4.78, 5) is 14.2. The Morgan fingerprint density at radius 2 is 1.81 bits per heavy atom. The Bertz CT molecular complexity index is 482. The van der Waals surface area contributed by atoms with Crippen molar-refractivity contribution in [1.29, 1.82) is 0 Å². The Morgan fingerprint density at radius 3 is 2.38 bits per heavy atom. The van der Waals surface area contributed by atoms with Crippen molar-refractivity contribution in [3.05, 3.63) is 35.9 Å². The molecule has 0 spiro atoms. The number of amidine groups is 1. The van der Waals surface area contributed by atoms with E-state index in [1.807, 2.05) is 30.3 Å². The van der Waals surface area contributed by atoms with Gasteiger partial charge in [-0.3, -0.25) is 0 Å². The molecule has 0 bridgehead atoms. The van der Waals surface area contributed by atoms with E-state index in [1.165, 1.54) is 0 Å². The molecule has 6 heteroatoms. The molecule has 114 valence electrons. The minimum atomic E-state index is -0.619. The van der Waals surface area contributed by atoms with Crippen molar-refractivity contribution < 1.29 is 10.0 Å². The van der Waals surface area contributed by atoms with Gasteiger partial charge in [-0.2, -0.15) is 0 Å². The van der Waals surface area contributed by atoms with Crippen LogP contribution in [0.15, 0.2) is 35.5 Å². The van der Waals surface area contributed by atoms with E-state index in [9.17, 15) is 4.79 Å². The van der Waals surface area contributed by atoms with Gasteiger partial charge in [0.15, 0.2) is 5.84 Å². The summed E-state index contributed by atoms with van der Waals surface area (Å²) in [5, 5.41) is 14.8. The molecule has 1 unspecified atom stereocenters. The standard InChI is InChI=1S/C15H22N4O2/c16-14(18-21)13(12-8-4-3-5-9-12)17-15(20)19-10-6-1-2-7-11-19/h3-5,8-9,13,21H,1-2,6-7,10-11H2,(H2,16,18)(H,17,20). The quantitative estimate of drug-likeness (QED) is 0.344. The van der Waals surface area contributed by atoms with Crippen LogP contribution in [0.1, 0.15) is 37.3 Å². The first kappa shape index (κ1) is 15.2. The summed E-state index contributed by atoms with van der Waals surface area (Å²) in [6, 6.07) is 8.47. The van der Waals surface area contributed by atoms with Crippen LogP contribution >= 0.6 is 0 Å². The molecule has 1 aromatic rings. The molecule has 1 aliphatic rings. The zero-order valence-corrected chi connectivity index (χ0v) is 12.0. The number of amides is 2. The van der Waals surface area contributed by atoms with Crippen molar-refractivity contribution in [2.75, 3.05) is 13.1 Å². The van der Waals surface area contributed by atoms with Crippen LogP contribution in [0.5, 0.6) is 0 Å². The van der Waals surface area contributed by atoms with Crippen LogP contribution in [0.4, 0.5) is 4.79 Å². The zero-order chi connectivity index (χ0) is 15.1. The third-order valence-electron chi connectivity index (χ3n) is 3.71. The van der Waals surface area contributed by atoms with Crippen molar-refractivity contribution in [3.63, 3.8) is 0 Å². The molecule has 0 saturated carbocycles. The number of likely N-dealkylation sites (tertiary alicyclic amines) is 1. The second-order valence-electron chi connectivity index (χ2n) is 5.22. The van der Waals surface area contributed by atoms with Crippen molar-refractivity contribution in [3.8, 4) is 0 Å². The van der Waals surface area contributed by atoms with Gasteiger partial charge in [0.25, 0.3) is 0 Å². The number of oxime groups is 1. The lowest BCUT2D eigenvalue weighted by atomic mass is 10.1. The zero-order valence-electron chi connectivity index (χ0n) is 12.0. The SMILES string of the molecule is NC(=NO)C(NC(=O)N1CCCCCC1)c1ccccc1. The number of hydrogen-bond donors (Lipinski definition) is 3. The molecule has 6 nitrogen and oxygen atoms in total. The van der Waals surface area contributed by atoms with Gasteiger partial charge in [-0.15, -0.1) is 0 Å². The molecule has 0 radical (unpaired) electrons. The molecule has 1 saturated heterocycles. The highest BCUT2D eigenvalue weighted by atomic mass is 16.4. The smallest absolute Gasteiger partial charge is 0.318 e. The van der Waals surface area contributed by atoms with E-state index in [1.54, 1.807) is 4.90 Å². The fourth-order valence-electron chi connectivity index (χ4n) is 2.52. The Balaban J connectivity index is 2.09. The van der Waals surface area contributed by atoms with Crippen molar-refractivity contribution in [2.24, 2.45) is 10.9 Å². The van der Waals surface area contributed by atoms with Gasteiger partial charge >= 0.3 is 6.03 Å². The van der Waals surface area contributed by atoms with Gasteiger partial charge in [0.1, 0.15) is 6.04 Å². The summed E-state index contributed by atoms with van der Waals surface area (Å²) in [5.41, 5.74) is 6.51. The van der Waals surface area contributed by atoms with Crippen LogP contribution in [0.3, 0.4) is 0 Å². The minimum absolute atomic E-state index is 0.0237. The molecule has 1 aromatic carbocycles. The molecule has 2 amide bonds. The van der Waals surface area contributed by atoms with E-state index in [-0.39, 0.29) is 11.9 Å². The van der Waals surface area contributed by atoms with Crippen LogP contribution in [0.25, 0.3) is 0 Å². The van der Waals surface area contributed by atoms with E-state index in [2.05, 4.69) is 10.5 Å². The summed E-state index contributed by atoms with van der Waals surface area (Å²) in [5.74, 6) is -0.0237. The van der Waals surface area contributed by atoms with Crippen LogP contribution in [-0.4, -0.2) is 35.1 Å². The summed E-state index contributed by atoms with van der Waals surface area (Å²) in [6.45, 7) is 1.51. The van der Waals surface area contributed by atoms with Gasteiger partial charge in [-0.25, -0.2) is 4.79 Å². The number of nitrogens with zero attached hydrogens (tertiary/aromatic N) is 2. The Hall–Kier alpha value is -2.24. The molecule has 1 heterocycles. The van der Waals surface area contributed by atoms with E-state index < -0.39 is 6.04 Å². The number of benzene rings is 1. The van der Waals surface area contributed by atoms with Crippen LogP contribution < -0.4 is 11.1 Å². The minimum Gasteiger partial charge on any atom is -0.409 e. The first-order valence-corrected chi connectivity index (χ1v) is 7.30. The van der Waals surface area contributed by atoms with Gasteiger partial charge in [-0.05, 0) is 18.4 Å². The lowest BCUT2D eigenvalue weighted by molar-refractivity contribution is 0.198. The van der Waals surface area contributed by atoms with E-state index >= 15 is 0 Å². The topological polar surface area (TPSA) is 91.0 Å². The molecule has 1 fully saturated rings. The van der Waals surface area contributed by atoms with Gasteiger partial charge in [0, 0.05) is 13.1 Å². The van der Waals surface area contributed by atoms with Gasteiger partial charge < -0.3 is 21.2 Å². The Labute approximate surface area is 124 Å². The number of nitrogens with one attached hydrogen (secondary N) is 1. The molecule has 0 aliphatic carbocycles. The molecule has 4 N–H and O–H groups in total. The lowest BCUT2D eigenvalue weighted by Gasteiger charge is -2.25. The number of nitrogens with two attached hydrogens (primary N) is 1. The molecule has 1 atom stereocenters. The van der Waals surface area contributed by atoms with Crippen molar-refractivity contribution >= 4 is 11.9 Å². The number of carbonyl (C=O) groups is 1. The summed E-state index contributed by atoms with van der Waals surface area (Å²) < 4.78 is 0. The highest BCUT2D eigenvalue weighted by Crippen LogP contribution is 2.15. The van der Waals surface area contributed by atoms with Gasteiger partial charge in [0.05, 0.1) is 0 Å². The monoisotopic (exact) mass is 290 g/mol. The highest BCUT2D eigenvalue weighted by molar-refractivity contribution is 5.90. The third kappa shape index (κ3) is 4.11. The largest absolute Gasteiger partial charge is 0.409 e. The second kappa shape index (κ2) is 7.52. The molecule has 0 aromatic heterocycles. The first-order chi connectivity index (χ1) is 10.2. The fourth-order valence-corrected chi connectivity index (χ4v) is 2.52. The van der Waals surface area contributed by atoms with Gasteiger partial charge in [0.2, 0.25) is 0 Å². The van der Waals surface area contributed by atoms with Crippen molar-refractivity contribution in [1.82, 2.24) is 10.2 Å². The normalized spacial score (nSPS) is 17.9. The van der Waals surface area contributed by atoms with Crippen LogP contribution in [0.2, 0.25) is 0 Å². The summed E-state index contributed by atoms with van der Waals surface area (Å²) >= 11 is 0. The van der Waals surface area contributed by atoms with Crippen LogP contribution in [0, 0.1) is 0 Å². The van der Waals surface area contributed by atoms with Crippen LogP contribution in [-0.2, 0) is 0 Å². The maximum atomic E-state index is 12.4. The van der Waals surface area contributed by atoms with Gasteiger partial charge in [-0.1, -0.05) is 48.3 Å². The molecule has 1 aliphatic heterocycles. The average molecular weight is 290 g/mol. The Kier molecular flexibility index (Phi) is 5.43. The maximum absolute atomic E-state index is 12.4. The lowest BCUT2D eigenvalue weighted by Crippen LogP contribution is -2.45. The van der Waals surface area contributed by atoms with Crippen molar-refractivity contribution in [2.45, 2.75) is 31.7 Å². The van der Waals surface area contributed by atoms with E-state index in [0.717, 1.165) is 44.3 Å². The number of hydrogen-bond acceptors (Lipinski definition) is 3. The number of urea groups is 1.